The molecule has 0 aliphatic carbocycles. The van der Waals surface area contributed by atoms with Crippen LogP contribution in [0.15, 0.2) is 72.8 Å². The maximum absolute atomic E-state index is 2.50. The fourth-order valence-corrected chi connectivity index (χ4v) is 6.11. The van der Waals surface area contributed by atoms with Gasteiger partial charge in [0.25, 0.3) is 0 Å². The van der Waals surface area contributed by atoms with Gasteiger partial charge in [0.05, 0.1) is 0 Å². The van der Waals surface area contributed by atoms with Crippen LogP contribution in [-0.2, 0) is 24.7 Å². The molecule has 42 heavy (non-hydrogen) atoms. The molecule has 5 aromatic rings. The molecule has 0 spiro atoms. The summed E-state index contributed by atoms with van der Waals surface area (Å²) in [6.45, 7) is 22.4. The maximum Gasteiger partial charge on any atom is -0.00107 e. The second-order valence-electron chi connectivity index (χ2n) is 13.5. The molecule has 0 fully saturated rings. The van der Waals surface area contributed by atoms with E-state index >= 15 is 0 Å². The molecule has 0 aromatic heterocycles. The van der Waals surface area contributed by atoms with E-state index in [-0.39, 0.29) is 5.41 Å². The first-order valence-corrected chi connectivity index (χ1v) is 16.1. The molecule has 0 heterocycles. The first-order valence-electron chi connectivity index (χ1n) is 16.1. The summed E-state index contributed by atoms with van der Waals surface area (Å²) in [5, 5.41) is 5.66. The van der Waals surface area contributed by atoms with E-state index in [1.54, 1.807) is 0 Å². The van der Waals surface area contributed by atoms with Gasteiger partial charge in [-0.25, -0.2) is 0 Å². The Morgan fingerprint density at radius 3 is 1.48 bits per heavy atom. The minimum atomic E-state index is 0.0952. The van der Waals surface area contributed by atoms with E-state index in [1.165, 1.54) is 83.6 Å². The lowest BCUT2D eigenvalue weighted by atomic mass is 9.81. The van der Waals surface area contributed by atoms with Crippen molar-refractivity contribution in [1.82, 2.24) is 0 Å². The van der Waals surface area contributed by atoms with Gasteiger partial charge in [0.15, 0.2) is 0 Å². The minimum Gasteiger partial charge on any atom is -0.0656 e. The van der Waals surface area contributed by atoms with Crippen LogP contribution in [0.5, 0.6) is 0 Å². The molecule has 5 aromatic carbocycles. The number of aryl methyl sites for hydroxylation is 5. The molecule has 220 valence electrons. The van der Waals surface area contributed by atoms with Crippen molar-refractivity contribution in [2.45, 2.75) is 107 Å². The van der Waals surface area contributed by atoms with Crippen LogP contribution in [0.1, 0.15) is 110 Å². The first-order chi connectivity index (χ1) is 20.0. The Hall–Kier alpha value is -3.38. The summed E-state index contributed by atoms with van der Waals surface area (Å²) >= 11 is 0. The summed E-state index contributed by atoms with van der Waals surface area (Å²) < 4.78 is 0. The van der Waals surface area contributed by atoms with Crippen LogP contribution in [0.25, 0.3) is 21.5 Å². The molecule has 0 atom stereocenters. The van der Waals surface area contributed by atoms with Crippen LogP contribution in [0.4, 0.5) is 0 Å². The van der Waals surface area contributed by atoms with E-state index in [2.05, 4.69) is 142 Å². The molecule has 0 heteroatoms. The number of rotatable bonds is 6. The molecule has 0 unspecified atom stereocenters. The van der Waals surface area contributed by atoms with Gasteiger partial charge in [0.1, 0.15) is 0 Å². The van der Waals surface area contributed by atoms with E-state index in [1.807, 2.05) is 0 Å². The third kappa shape index (κ3) is 6.97. The van der Waals surface area contributed by atoms with Crippen molar-refractivity contribution in [3.63, 3.8) is 0 Å². The van der Waals surface area contributed by atoms with Crippen molar-refractivity contribution < 1.29 is 0 Å². The summed E-state index contributed by atoms with van der Waals surface area (Å²) in [6.07, 6.45) is 5.43. The number of benzene rings is 5. The van der Waals surface area contributed by atoms with Crippen molar-refractivity contribution in [2.75, 3.05) is 0 Å². The predicted octanol–water partition coefficient (Wildman–Crippen LogP) is 12.1. The van der Waals surface area contributed by atoms with Crippen LogP contribution in [0.2, 0.25) is 0 Å². The summed E-state index contributed by atoms with van der Waals surface area (Å²) in [7, 11) is 0. The van der Waals surface area contributed by atoms with Gasteiger partial charge in [0.2, 0.25) is 0 Å². The summed E-state index contributed by atoms with van der Waals surface area (Å²) in [6, 6.07) is 28.4. The monoisotopic (exact) mass is 556 g/mol. The Morgan fingerprint density at radius 2 is 1.00 bits per heavy atom. The van der Waals surface area contributed by atoms with Crippen LogP contribution in [0.3, 0.4) is 0 Å². The highest BCUT2D eigenvalue weighted by molar-refractivity contribution is 6.07. The molecule has 0 nitrogen and oxygen atoms in total. The molecular weight excluding hydrogens is 504 g/mol. The molecule has 0 bridgehead atoms. The summed E-state index contributed by atoms with van der Waals surface area (Å²) in [4.78, 5) is 0. The van der Waals surface area contributed by atoms with Crippen LogP contribution >= 0.6 is 0 Å². The minimum absolute atomic E-state index is 0.0952. The number of hydrogen-bond acceptors (Lipinski definition) is 0. The number of fused-ring (bicyclic) bond motifs is 2. The molecule has 0 saturated heterocycles. The summed E-state index contributed by atoms with van der Waals surface area (Å²) in [5.41, 5.74) is 14.1. The Labute approximate surface area is 256 Å². The second-order valence-corrected chi connectivity index (χ2v) is 13.5. The SMILES string of the molecule is CCC.CCCc1ccc2c(Cc3cc(C)ccc3C)c3cc(C(C)(C)C)ccc3c(Cc3cc(C)ccc3C)c2c1. The first kappa shape index (κ1) is 31.6. The van der Waals surface area contributed by atoms with Gasteiger partial charge in [-0.3, -0.25) is 0 Å². The molecule has 0 amide bonds. The molecule has 0 saturated carbocycles. The van der Waals surface area contributed by atoms with Crippen LogP contribution < -0.4 is 0 Å². The lowest BCUT2D eigenvalue weighted by Crippen LogP contribution is -2.11. The molecular formula is C42H52. The highest BCUT2D eigenvalue weighted by Crippen LogP contribution is 2.39. The Morgan fingerprint density at radius 1 is 0.524 bits per heavy atom. The highest BCUT2D eigenvalue weighted by Gasteiger charge is 2.20. The van der Waals surface area contributed by atoms with Crippen molar-refractivity contribution >= 4 is 21.5 Å². The van der Waals surface area contributed by atoms with E-state index in [4.69, 9.17) is 0 Å². The zero-order chi connectivity index (χ0) is 30.6. The lowest BCUT2D eigenvalue weighted by molar-refractivity contribution is 0.591. The second kappa shape index (κ2) is 13.3. The molecule has 5 rings (SSSR count). The van der Waals surface area contributed by atoms with Crippen LogP contribution in [-0.4, -0.2) is 0 Å². The van der Waals surface area contributed by atoms with Crippen molar-refractivity contribution in [1.29, 1.82) is 0 Å². The fourth-order valence-electron chi connectivity index (χ4n) is 6.11. The summed E-state index contributed by atoms with van der Waals surface area (Å²) in [5.74, 6) is 0. The smallest absolute Gasteiger partial charge is 0.00107 e. The van der Waals surface area contributed by atoms with E-state index in [0.717, 1.165) is 25.7 Å². The predicted molar refractivity (Wildman–Crippen MR) is 188 cm³/mol. The largest absolute Gasteiger partial charge is 0.0656 e. The van der Waals surface area contributed by atoms with E-state index in [9.17, 15) is 0 Å². The average molecular weight is 557 g/mol. The van der Waals surface area contributed by atoms with Crippen molar-refractivity contribution in [2.24, 2.45) is 0 Å². The standard InChI is InChI=1S/C39H44.C3H8/c1-9-10-29-15-17-33-35(21-29)36(22-30-19-25(2)11-13-27(30)4)34-18-16-32(39(6,7)8)24-38(34)37(33)23-31-20-26(3)12-14-28(31)5;1-3-2/h11-21,24H,9-10,22-23H2,1-8H3;3H2,1-2H3. The van der Waals surface area contributed by atoms with Gasteiger partial charge in [0, 0.05) is 0 Å². The fraction of sp³-hybridized carbons (Fsp3) is 0.381. The quantitative estimate of drug-likeness (QED) is 0.182. The van der Waals surface area contributed by atoms with Gasteiger partial charge in [-0.2, -0.15) is 0 Å². The normalized spacial score (nSPS) is 11.6. The highest BCUT2D eigenvalue weighted by atomic mass is 14.2. The maximum atomic E-state index is 2.50. The van der Waals surface area contributed by atoms with Crippen molar-refractivity contribution in [3.05, 3.63) is 128 Å². The lowest BCUT2D eigenvalue weighted by Gasteiger charge is -2.24. The number of hydrogen-bond donors (Lipinski definition) is 0. The Balaban J connectivity index is 0.00000129. The van der Waals surface area contributed by atoms with Gasteiger partial charge >= 0.3 is 0 Å². The zero-order valence-electron chi connectivity index (χ0n) is 28.0. The zero-order valence-corrected chi connectivity index (χ0v) is 28.0. The third-order valence-electron chi connectivity index (χ3n) is 8.55. The molecule has 0 aliphatic heterocycles. The van der Waals surface area contributed by atoms with Crippen LogP contribution in [0, 0.1) is 27.7 Å². The van der Waals surface area contributed by atoms with Gasteiger partial charge in [-0.15, -0.1) is 0 Å². The Kier molecular flexibility index (Phi) is 9.98. The van der Waals surface area contributed by atoms with Crippen molar-refractivity contribution in [3.8, 4) is 0 Å². The average Bonchev–Trinajstić information content (AvgIpc) is 2.94. The third-order valence-corrected chi connectivity index (χ3v) is 8.55. The molecule has 0 aliphatic rings. The van der Waals surface area contributed by atoms with Gasteiger partial charge in [-0.05, 0) is 118 Å². The topological polar surface area (TPSA) is 0 Å². The van der Waals surface area contributed by atoms with Gasteiger partial charge in [-0.1, -0.05) is 138 Å². The van der Waals surface area contributed by atoms with E-state index < -0.39 is 0 Å². The van der Waals surface area contributed by atoms with Gasteiger partial charge < -0.3 is 0 Å². The Bertz CT molecular complexity index is 1690. The molecule has 0 radical (unpaired) electrons. The van der Waals surface area contributed by atoms with E-state index in [0.29, 0.717) is 0 Å². The molecule has 0 N–H and O–H groups in total.